The summed E-state index contributed by atoms with van der Waals surface area (Å²) in [6.45, 7) is 3.47. The first-order chi connectivity index (χ1) is 13.2. The molecule has 2 aromatic carbocycles. The van der Waals surface area contributed by atoms with E-state index in [2.05, 4.69) is 15.5 Å². The molecule has 0 atom stereocenters. The quantitative estimate of drug-likeness (QED) is 0.787. The van der Waals surface area contributed by atoms with Crippen molar-refractivity contribution in [3.8, 4) is 0 Å². The molecule has 3 rings (SSSR count). The van der Waals surface area contributed by atoms with Gasteiger partial charge in [0.05, 0.1) is 19.6 Å². The van der Waals surface area contributed by atoms with Gasteiger partial charge < -0.3 is 20.3 Å². The highest BCUT2D eigenvalue weighted by Gasteiger charge is 2.12. The van der Waals surface area contributed by atoms with Crippen molar-refractivity contribution < 1.29 is 14.3 Å². The number of amides is 2. The van der Waals surface area contributed by atoms with Crippen molar-refractivity contribution in [3.63, 3.8) is 0 Å². The minimum absolute atomic E-state index is 0.0803. The van der Waals surface area contributed by atoms with Gasteiger partial charge >= 0.3 is 0 Å². The maximum atomic E-state index is 12.1. The fraction of sp³-hybridized carbons (Fsp3) is 0.333. The second-order valence-electron chi connectivity index (χ2n) is 6.46. The first-order valence-electron chi connectivity index (χ1n) is 9.24. The molecule has 1 fully saturated rings. The van der Waals surface area contributed by atoms with Crippen LogP contribution < -0.4 is 15.5 Å². The summed E-state index contributed by atoms with van der Waals surface area (Å²) in [5.74, 6) is -0.197. The highest BCUT2D eigenvalue weighted by molar-refractivity contribution is 5.91. The molecule has 0 spiro atoms. The lowest BCUT2D eigenvalue weighted by Gasteiger charge is -2.29. The predicted octanol–water partition coefficient (Wildman–Crippen LogP) is 2.21. The Morgan fingerprint density at radius 1 is 0.963 bits per heavy atom. The Kier molecular flexibility index (Phi) is 6.82. The van der Waals surface area contributed by atoms with Gasteiger partial charge in [0.15, 0.2) is 0 Å². The predicted molar refractivity (Wildman–Crippen MR) is 106 cm³/mol. The molecule has 6 heteroatoms. The lowest BCUT2D eigenvalue weighted by Crippen LogP contribution is -2.36. The number of carbonyl (C=O) groups excluding carboxylic acids is 2. The number of nitrogens with one attached hydrogen (secondary N) is 2. The fourth-order valence-electron chi connectivity index (χ4n) is 2.98. The van der Waals surface area contributed by atoms with Crippen LogP contribution in [0, 0.1) is 0 Å². The van der Waals surface area contributed by atoms with Crippen molar-refractivity contribution >= 4 is 23.2 Å². The third-order valence-corrected chi connectivity index (χ3v) is 4.39. The van der Waals surface area contributed by atoms with Crippen molar-refractivity contribution in [2.24, 2.45) is 0 Å². The Balaban J connectivity index is 1.42. The molecular weight excluding hydrogens is 342 g/mol. The van der Waals surface area contributed by atoms with Gasteiger partial charge in [-0.3, -0.25) is 9.59 Å². The Hall–Kier alpha value is -2.86. The van der Waals surface area contributed by atoms with Crippen LogP contribution >= 0.6 is 0 Å². The van der Waals surface area contributed by atoms with Gasteiger partial charge in [-0.2, -0.15) is 0 Å². The average Bonchev–Trinajstić information content (AvgIpc) is 2.69. The summed E-state index contributed by atoms with van der Waals surface area (Å²) in [7, 11) is 0. The largest absolute Gasteiger partial charge is 0.378 e. The molecule has 0 bridgehead atoms. The number of nitrogens with zero attached hydrogens (tertiary/aromatic N) is 1. The van der Waals surface area contributed by atoms with E-state index in [9.17, 15) is 9.59 Å². The van der Waals surface area contributed by atoms with E-state index in [4.69, 9.17) is 4.74 Å². The number of ether oxygens (including phenoxy) is 1. The van der Waals surface area contributed by atoms with Crippen LogP contribution in [0.15, 0.2) is 54.6 Å². The lowest BCUT2D eigenvalue weighted by atomic mass is 10.1. The summed E-state index contributed by atoms with van der Waals surface area (Å²) in [5.41, 5.74) is 2.80. The molecule has 27 heavy (non-hydrogen) atoms. The second-order valence-corrected chi connectivity index (χ2v) is 6.46. The number of benzene rings is 2. The smallest absolute Gasteiger partial charge is 0.226 e. The Morgan fingerprint density at radius 3 is 2.52 bits per heavy atom. The highest BCUT2D eigenvalue weighted by atomic mass is 16.5. The molecule has 2 N–H and O–H groups in total. The van der Waals surface area contributed by atoms with E-state index in [1.165, 1.54) is 0 Å². The van der Waals surface area contributed by atoms with Crippen LogP contribution in [-0.4, -0.2) is 44.7 Å². The van der Waals surface area contributed by atoms with Crippen molar-refractivity contribution in [1.29, 1.82) is 0 Å². The summed E-state index contributed by atoms with van der Waals surface area (Å²) in [5, 5.41) is 5.69. The summed E-state index contributed by atoms with van der Waals surface area (Å²) < 4.78 is 5.37. The van der Waals surface area contributed by atoms with E-state index in [1.807, 2.05) is 54.6 Å². The minimum Gasteiger partial charge on any atom is -0.378 e. The third kappa shape index (κ3) is 6.11. The van der Waals surface area contributed by atoms with Gasteiger partial charge in [-0.15, -0.1) is 0 Å². The Bertz CT molecular complexity index is 758. The molecular formula is C21H25N3O3. The van der Waals surface area contributed by atoms with Gasteiger partial charge in [-0.1, -0.05) is 36.4 Å². The standard InChI is InChI=1S/C21H25N3O3/c25-20(9-10-22-21(26)15-17-5-2-1-3-6-17)23-18-7-4-8-19(16-18)24-11-13-27-14-12-24/h1-8,16H,9-15H2,(H,22,26)(H,23,25). The molecule has 0 unspecified atom stereocenters. The van der Waals surface area contributed by atoms with E-state index in [1.54, 1.807) is 0 Å². The van der Waals surface area contributed by atoms with Crippen LogP contribution in [0.3, 0.4) is 0 Å². The SMILES string of the molecule is O=C(Cc1ccccc1)NCCC(=O)Nc1cccc(N2CCOCC2)c1. The van der Waals surface area contributed by atoms with Crippen LogP contribution in [0.25, 0.3) is 0 Å². The maximum absolute atomic E-state index is 12.1. The summed E-state index contributed by atoms with van der Waals surface area (Å²) in [6, 6.07) is 17.4. The van der Waals surface area contributed by atoms with E-state index >= 15 is 0 Å². The van der Waals surface area contributed by atoms with Gasteiger partial charge in [0, 0.05) is 37.4 Å². The van der Waals surface area contributed by atoms with Crippen LogP contribution in [0.1, 0.15) is 12.0 Å². The number of rotatable bonds is 7. The van der Waals surface area contributed by atoms with Crippen LogP contribution in [-0.2, 0) is 20.7 Å². The molecule has 2 aromatic rings. The molecule has 0 saturated carbocycles. The number of anilines is 2. The molecule has 2 amide bonds. The molecule has 6 nitrogen and oxygen atoms in total. The van der Waals surface area contributed by atoms with E-state index in [-0.39, 0.29) is 18.2 Å². The zero-order valence-electron chi connectivity index (χ0n) is 15.3. The Labute approximate surface area is 159 Å². The van der Waals surface area contributed by atoms with Crippen molar-refractivity contribution in [2.45, 2.75) is 12.8 Å². The molecule has 1 aliphatic rings. The minimum atomic E-state index is -0.117. The maximum Gasteiger partial charge on any atom is 0.226 e. The molecule has 0 radical (unpaired) electrons. The summed E-state index contributed by atoms with van der Waals surface area (Å²) in [4.78, 5) is 26.3. The first kappa shape index (κ1) is 18.9. The number of hydrogen-bond acceptors (Lipinski definition) is 4. The molecule has 1 aliphatic heterocycles. The van der Waals surface area contributed by atoms with Gasteiger partial charge in [-0.05, 0) is 23.8 Å². The summed E-state index contributed by atoms with van der Waals surface area (Å²) in [6.07, 6.45) is 0.562. The number of carbonyl (C=O) groups is 2. The van der Waals surface area contributed by atoms with Crippen LogP contribution in [0.2, 0.25) is 0 Å². The molecule has 1 heterocycles. The number of morpholine rings is 1. The van der Waals surface area contributed by atoms with Crippen LogP contribution in [0.4, 0.5) is 11.4 Å². The van der Waals surface area contributed by atoms with E-state index in [0.29, 0.717) is 13.0 Å². The summed E-state index contributed by atoms with van der Waals surface area (Å²) >= 11 is 0. The zero-order valence-corrected chi connectivity index (χ0v) is 15.3. The van der Waals surface area contributed by atoms with Crippen LogP contribution in [0.5, 0.6) is 0 Å². The van der Waals surface area contributed by atoms with Gasteiger partial charge in [0.2, 0.25) is 11.8 Å². The topological polar surface area (TPSA) is 70.7 Å². The zero-order chi connectivity index (χ0) is 18.9. The third-order valence-electron chi connectivity index (χ3n) is 4.39. The molecule has 1 saturated heterocycles. The Morgan fingerprint density at radius 2 is 1.74 bits per heavy atom. The molecule has 0 aromatic heterocycles. The van der Waals surface area contributed by atoms with Gasteiger partial charge in [0.1, 0.15) is 0 Å². The molecule has 0 aliphatic carbocycles. The van der Waals surface area contributed by atoms with Gasteiger partial charge in [-0.25, -0.2) is 0 Å². The monoisotopic (exact) mass is 367 g/mol. The average molecular weight is 367 g/mol. The number of hydrogen-bond donors (Lipinski definition) is 2. The van der Waals surface area contributed by atoms with Crippen molar-refractivity contribution in [3.05, 3.63) is 60.2 Å². The normalized spacial score (nSPS) is 13.9. The van der Waals surface area contributed by atoms with E-state index in [0.717, 1.165) is 43.2 Å². The van der Waals surface area contributed by atoms with Gasteiger partial charge in [0.25, 0.3) is 0 Å². The van der Waals surface area contributed by atoms with E-state index < -0.39 is 0 Å². The first-order valence-corrected chi connectivity index (χ1v) is 9.24. The van der Waals surface area contributed by atoms with Crippen molar-refractivity contribution in [2.75, 3.05) is 43.1 Å². The molecule has 142 valence electrons. The fourth-order valence-corrected chi connectivity index (χ4v) is 2.98. The van der Waals surface area contributed by atoms with Crippen molar-refractivity contribution in [1.82, 2.24) is 5.32 Å². The highest BCUT2D eigenvalue weighted by Crippen LogP contribution is 2.20. The lowest BCUT2D eigenvalue weighted by molar-refractivity contribution is -0.120. The second kappa shape index (κ2) is 9.73.